The lowest BCUT2D eigenvalue weighted by atomic mass is 10.3. The van der Waals surface area contributed by atoms with Gasteiger partial charge in [0.2, 0.25) is 5.91 Å². The Bertz CT molecular complexity index is 283. The molecule has 1 fully saturated rings. The molecule has 6 heteroatoms. The van der Waals surface area contributed by atoms with Gasteiger partial charge < -0.3 is 15.4 Å². The number of rotatable bonds is 5. The van der Waals surface area contributed by atoms with Crippen molar-refractivity contribution in [3.63, 3.8) is 0 Å². The molecular weight excluding hydrogens is 226 g/mol. The number of nitrogens with two attached hydrogens (primary N) is 1. The summed E-state index contributed by atoms with van der Waals surface area (Å²) in [5.74, 6) is 1.66. The Morgan fingerprint density at radius 1 is 1.75 bits per heavy atom. The summed E-state index contributed by atoms with van der Waals surface area (Å²) in [6.45, 7) is 0. The molecule has 0 aromatic carbocycles. The first-order valence-corrected chi connectivity index (χ1v) is 6.26. The minimum atomic E-state index is -0.114. The number of carbonyl (C=O) groups is 1. The minimum Gasteiger partial charge on any atom is -0.387 e. The standard InChI is InChI=1S/C10H19N3O2S/c1-12-8(11)4-5-16-7-6-9(14)13(2)10(7)15-3/h7,10H,4-6H2,1-3H3,(H2,11,12). The van der Waals surface area contributed by atoms with Crippen molar-refractivity contribution < 1.29 is 9.53 Å². The van der Waals surface area contributed by atoms with Gasteiger partial charge in [0, 0.05) is 39.8 Å². The zero-order valence-electron chi connectivity index (χ0n) is 9.97. The van der Waals surface area contributed by atoms with Crippen LogP contribution in [-0.2, 0) is 9.53 Å². The number of carbonyl (C=O) groups excluding carboxylic acids is 1. The van der Waals surface area contributed by atoms with E-state index in [-0.39, 0.29) is 17.4 Å². The van der Waals surface area contributed by atoms with Gasteiger partial charge in [-0.1, -0.05) is 0 Å². The third kappa shape index (κ3) is 3.12. The minimum absolute atomic E-state index is 0.114. The van der Waals surface area contributed by atoms with E-state index in [1.54, 1.807) is 37.9 Å². The summed E-state index contributed by atoms with van der Waals surface area (Å²) in [7, 11) is 5.10. The van der Waals surface area contributed by atoms with E-state index < -0.39 is 0 Å². The first-order valence-electron chi connectivity index (χ1n) is 5.21. The second-order valence-corrected chi connectivity index (χ2v) is 5.06. The van der Waals surface area contributed by atoms with Gasteiger partial charge in [-0.15, -0.1) is 0 Å². The molecule has 16 heavy (non-hydrogen) atoms. The van der Waals surface area contributed by atoms with Gasteiger partial charge in [0.05, 0.1) is 11.1 Å². The average Bonchev–Trinajstić information content (AvgIpc) is 2.54. The lowest BCUT2D eigenvalue weighted by Gasteiger charge is -2.22. The molecule has 1 rings (SSSR count). The van der Waals surface area contributed by atoms with Crippen molar-refractivity contribution in [3.05, 3.63) is 0 Å². The van der Waals surface area contributed by atoms with Crippen molar-refractivity contribution in [1.29, 1.82) is 0 Å². The molecule has 1 aliphatic rings. The third-order valence-corrected chi connectivity index (χ3v) is 3.96. The Kier molecular flexibility index (Phi) is 5.08. The maximum Gasteiger partial charge on any atom is 0.225 e. The van der Waals surface area contributed by atoms with Gasteiger partial charge in [0.15, 0.2) is 0 Å². The lowest BCUT2D eigenvalue weighted by molar-refractivity contribution is -0.132. The number of nitrogens with zero attached hydrogens (tertiary/aromatic N) is 2. The van der Waals surface area contributed by atoms with E-state index in [0.717, 1.165) is 12.2 Å². The molecule has 2 N–H and O–H groups in total. The summed E-state index contributed by atoms with van der Waals surface area (Å²) >= 11 is 1.72. The highest BCUT2D eigenvalue weighted by molar-refractivity contribution is 8.00. The summed E-state index contributed by atoms with van der Waals surface area (Å²) in [4.78, 5) is 17.0. The second-order valence-electron chi connectivity index (χ2n) is 3.71. The van der Waals surface area contributed by atoms with Crippen LogP contribution in [0.15, 0.2) is 4.99 Å². The summed E-state index contributed by atoms with van der Waals surface area (Å²) in [6.07, 6.45) is 1.19. The molecule has 0 aromatic heterocycles. The fourth-order valence-corrected chi connectivity index (χ4v) is 3.03. The zero-order chi connectivity index (χ0) is 12.1. The van der Waals surface area contributed by atoms with Gasteiger partial charge in [0.1, 0.15) is 6.23 Å². The predicted octanol–water partition coefficient (Wildman–Crippen LogP) is 0.300. The number of aliphatic imine (C=N–C) groups is 1. The number of methoxy groups -OCH3 is 1. The van der Waals surface area contributed by atoms with Crippen LogP contribution in [0.25, 0.3) is 0 Å². The summed E-state index contributed by atoms with van der Waals surface area (Å²) in [5, 5.41) is 0.201. The highest BCUT2D eigenvalue weighted by Gasteiger charge is 2.37. The Labute approximate surface area is 100 Å². The number of likely N-dealkylation sites (tertiary alicyclic amines) is 1. The van der Waals surface area contributed by atoms with E-state index in [1.807, 2.05) is 0 Å². The van der Waals surface area contributed by atoms with Gasteiger partial charge in [-0.2, -0.15) is 11.8 Å². The summed E-state index contributed by atoms with van der Waals surface area (Å²) in [5.41, 5.74) is 5.61. The predicted molar refractivity (Wildman–Crippen MR) is 66.6 cm³/mol. The van der Waals surface area contributed by atoms with Crippen molar-refractivity contribution in [2.45, 2.75) is 24.3 Å². The first-order chi connectivity index (χ1) is 7.60. The molecule has 92 valence electrons. The molecule has 1 saturated heterocycles. The van der Waals surface area contributed by atoms with Crippen LogP contribution in [-0.4, -0.2) is 55.1 Å². The van der Waals surface area contributed by atoms with Crippen LogP contribution >= 0.6 is 11.8 Å². The summed E-state index contributed by atoms with van der Waals surface area (Å²) in [6, 6.07) is 0. The van der Waals surface area contributed by atoms with Crippen LogP contribution in [0, 0.1) is 0 Å². The van der Waals surface area contributed by atoms with Crippen LogP contribution < -0.4 is 5.73 Å². The zero-order valence-corrected chi connectivity index (χ0v) is 10.8. The Hall–Kier alpha value is -0.750. The lowest BCUT2D eigenvalue weighted by Crippen LogP contribution is -2.34. The van der Waals surface area contributed by atoms with E-state index >= 15 is 0 Å². The molecular formula is C10H19N3O2S. The van der Waals surface area contributed by atoms with E-state index in [1.165, 1.54) is 0 Å². The molecule has 2 atom stereocenters. The summed E-state index contributed by atoms with van der Waals surface area (Å²) < 4.78 is 5.31. The Morgan fingerprint density at radius 3 is 3.00 bits per heavy atom. The second kappa shape index (κ2) is 6.10. The van der Waals surface area contributed by atoms with Crippen LogP contribution in [0.1, 0.15) is 12.8 Å². The molecule has 0 spiro atoms. The number of amidine groups is 1. The molecule has 0 radical (unpaired) electrons. The first kappa shape index (κ1) is 13.3. The van der Waals surface area contributed by atoms with Gasteiger partial charge >= 0.3 is 0 Å². The molecule has 1 amide bonds. The molecule has 2 unspecified atom stereocenters. The highest BCUT2D eigenvalue weighted by Crippen LogP contribution is 2.29. The van der Waals surface area contributed by atoms with Crippen LogP contribution in [0.2, 0.25) is 0 Å². The Balaban J connectivity index is 2.39. The normalized spacial score (nSPS) is 26.6. The molecule has 0 saturated carbocycles. The number of ether oxygens (including phenoxy) is 1. The highest BCUT2D eigenvalue weighted by atomic mass is 32.2. The van der Waals surface area contributed by atoms with E-state index in [0.29, 0.717) is 12.3 Å². The van der Waals surface area contributed by atoms with Crippen molar-refractivity contribution in [2.75, 3.05) is 27.0 Å². The van der Waals surface area contributed by atoms with Crippen LogP contribution in [0.4, 0.5) is 0 Å². The van der Waals surface area contributed by atoms with Gasteiger partial charge in [0.25, 0.3) is 0 Å². The van der Waals surface area contributed by atoms with E-state index in [9.17, 15) is 4.79 Å². The maximum atomic E-state index is 11.5. The number of amides is 1. The number of thioether (sulfide) groups is 1. The number of hydrogen-bond acceptors (Lipinski definition) is 4. The molecule has 1 aliphatic heterocycles. The van der Waals surface area contributed by atoms with Crippen molar-refractivity contribution in [1.82, 2.24) is 4.90 Å². The average molecular weight is 245 g/mol. The quantitative estimate of drug-likeness (QED) is 0.559. The number of hydrogen-bond donors (Lipinski definition) is 1. The topological polar surface area (TPSA) is 67.9 Å². The van der Waals surface area contributed by atoms with E-state index in [4.69, 9.17) is 10.5 Å². The largest absolute Gasteiger partial charge is 0.387 e. The van der Waals surface area contributed by atoms with Crippen LogP contribution in [0.3, 0.4) is 0 Å². The SMILES string of the molecule is CN=C(N)CCSC1CC(=O)N(C)C1OC. The van der Waals surface area contributed by atoms with Gasteiger partial charge in [-0.25, -0.2) is 0 Å². The Morgan fingerprint density at radius 2 is 2.44 bits per heavy atom. The van der Waals surface area contributed by atoms with Crippen molar-refractivity contribution in [3.8, 4) is 0 Å². The van der Waals surface area contributed by atoms with Crippen LogP contribution in [0.5, 0.6) is 0 Å². The fourth-order valence-electron chi connectivity index (χ4n) is 1.69. The van der Waals surface area contributed by atoms with E-state index in [2.05, 4.69) is 4.99 Å². The third-order valence-electron chi connectivity index (χ3n) is 2.69. The smallest absolute Gasteiger partial charge is 0.225 e. The maximum absolute atomic E-state index is 11.5. The van der Waals surface area contributed by atoms with Gasteiger partial charge in [-0.3, -0.25) is 9.79 Å². The van der Waals surface area contributed by atoms with Gasteiger partial charge in [-0.05, 0) is 0 Å². The fraction of sp³-hybridized carbons (Fsp3) is 0.800. The molecule has 1 heterocycles. The molecule has 5 nitrogen and oxygen atoms in total. The molecule has 0 aromatic rings. The molecule has 0 aliphatic carbocycles. The monoisotopic (exact) mass is 245 g/mol. The van der Waals surface area contributed by atoms with Crippen molar-refractivity contribution >= 4 is 23.5 Å². The van der Waals surface area contributed by atoms with Crippen molar-refractivity contribution in [2.24, 2.45) is 10.7 Å². The molecule has 0 bridgehead atoms.